The predicted octanol–water partition coefficient (Wildman–Crippen LogP) is 5.36. The monoisotopic (exact) mass is 534 g/mol. The second-order valence-corrected chi connectivity index (χ2v) is 12.8. The summed E-state index contributed by atoms with van der Waals surface area (Å²) in [5, 5.41) is 13.3. The first-order valence-corrected chi connectivity index (χ1v) is 15.1. The number of H-pyrrole nitrogens is 1. The number of sulfone groups is 1. The molecule has 37 heavy (non-hydrogen) atoms. The topological polar surface area (TPSA) is 95.2 Å². The maximum atomic E-state index is 13.1. The first-order valence-electron chi connectivity index (χ1n) is 12.3. The van der Waals surface area contributed by atoms with Gasteiger partial charge >= 0.3 is 0 Å². The summed E-state index contributed by atoms with van der Waals surface area (Å²) in [6.45, 7) is 4.11. The van der Waals surface area contributed by atoms with Crippen molar-refractivity contribution in [1.29, 1.82) is 0 Å². The van der Waals surface area contributed by atoms with Crippen LogP contribution in [-0.2, 0) is 16.4 Å². The highest BCUT2D eigenvalue weighted by Crippen LogP contribution is 2.26. The van der Waals surface area contributed by atoms with E-state index in [1.165, 1.54) is 17.6 Å². The zero-order valence-corrected chi connectivity index (χ0v) is 22.5. The van der Waals surface area contributed by atoms with Crippen molar-refractivity contribution in [3.05, 3.63) is 81.2 Å². The number of para-hydroxylation sites is 1. The zero-order chi connectivity index (χ0) is 26.0. The largest absolute Gasteiger partial charge is 0.321 e. The van der Waals surface area contributed by atoms with Gasteiger partial charge in [0.15, 0.2) is 0 Å². The molecule has 2 aromatic carbocycles. The molecule has 2 aromatic heterocycles. The van der Waals surface area contributed by atoms with E-state index in [4.69, 9.17) is 0 Å². The smallest absolute Gasteiger partial charge is 0.266 e. The summed E-state index contributed by atoms with van der Waals surface area (Å²) in [6, 6.07) is 16.0. The Labute approximate surface area is 221 Å². The van der Waals surface area contributed by atoms with Crippen molar-refractivity contribution in [2.75, 3.05) is 24.7 Å². The standard InChI is InChI=1S/C28H30N4O3S2/c1-19-13-16-36-27(19)28(33)29-26-17-20(18-32-14-11-22(12-15-32)37(2,34)35)7-8-21(26)9-10-25-23-5-3-4-6-24(23)30-31-25/h3-10,13,16-17,22H,11-12,14-15,18H2,1-2H3,(H,29,33)(H,30,31)/b10-9+. The fourth-order valence-corrected chi connectivity index (χ4v) is 6.66. The third kappa shape index (κ3) is 5.84. The molecule has 0 unspecified atom stereocenters. The van der Waals surface area contributed by atoms with Gasteiger partial charge in [0, 0.05) is 23.9 Å². The Kier molecular flexibility index (Phi) is 7.28. The Balaban J connectivity index is 1.39. The number of aromatic amines is 1. The van der Waals surface area contributed by atoms with E-state index >= 15 is 0 Å². The molecule has 0 atom stereocenters. The third-order valence-electron chi connectivity index (χ3n) is 6.90. The minimum absolute atomic E-state index is 0.126. The number of aromatic nitrogens is 2. The van der Waals surface area contributed by atoms with Gasteiger partial charge in [0.1, 0.15) is 9.84 Å². The van der Waals surface area contributed by atoms with Gasteiger partial charge in [-0.3, -0.25) is 14.8 Å². The van der Waals surface area contributed by atoms with Crippen LogP contribution >= 0.6 is 11.3 Å². The van der Waals surface area contributed by atoms with E-state index in [9.17, 15) is 13.2 Å². The van der Waals surface area contributed by atoms with Gasteiger partial charge in [-0.15, -0.1) is 11.3 Å². The van der Waals surface area contributed by atoms with Gasteiger partial charge in [0.05, 0.1) is 21.3 Å². The lowest BCUT2D eigenvalue weighted by Gasteiger charge is -2.31. The van der Waals surface area contributed by atoms with Crippen LogP contribution in [0.4, 0.5) is 5.69 Å². The van der Waals surface area contributed by atoms with Crippen LogP contribution in [0.1, 0.15) is 44.9 Å². The number of likely N-dealkylation sites (tertiary alicyclic amines) is 1. The van der Waals surface area contributed by atoms with Crippen molar-refractivity contribution in [1.82, 2.24) is 15.1 Å². The van der Waals surface area contributed by atoms with Crippen LogP contribution in [0, 0.1) is 6.92 Å². The zero-order valence-electron chi connectivity index (χ0n) is 20.9. The molecule has 1 saturated heterocycles. The Bertz CT molecular complexity index is 1560. The fourth-order valence-electron chi connectivity index (χ4n) is 4.77. The van der Waals surface area contributed by atoms with Crippen molar-refractivity contribution in [3.8, 4) is 0 Å². The van der Waals surface area contributed by atoms with E-state index in [1.807, 2.05) is 66.9 Å². The molecule has 9 heteroatoms. The van der Waals surface area contributed by atoms with E-state index < -0.39 is 9.84 Å². The summed E-state index contributed by atoms with van der Waals surface area (Å²) in [5.74, 6) is -0.126. The first kappa shape index (κ1) is 25.4. The minimum atomic E-state index is -3.00. The van der Waals surface area contributed by atoms with Gasteiger partial charge in [-0.05, 0) is 79.2 Å². The van der Waals surface area contributed by atoms with Crippen LogP contribution in [0.3, 0.4) is 0 Å². The van der Waals surface area contributed by atoms with Gasteiger partial charge in [-0.1, -0.05) is 36.4 Å². The number of hydrogen-bond acceptors (Lipinski definition) is 6. The summed E-state index contributed by atoms with van der Waals surface area (Å²) in [7, 11) is -3.00. The number of fused-ring (bicyclic) bond motifs is 1. The number of aryl methyl sites for hydroxylation is 1. The maximum Gasteiger partial charge on any atom is 0.266 e. The van der Waals surface area contributed by atoms with Crippen LogP contribution in [0.5, 0.6) is 0 Å². The molecule has 0 bridgehead atoms. The number of amides is 1. The molecule has 2 N–H and O–H groups in total. The molecule has 192 valence electrons. The number of hydrogen-bond donors (Lipinski definition) is 2. The summed E-state index contributed by atoms with van der Waals surface area (Å²) in [4.78, 5) is 16.0. The third-order valence-corrected chi connectivity index (χ3v) is 9.60. The maximum absolute atomic E-state index is 13.1. The SMILES string of the molecule is Cc1ccsc1C(=O)Nc1cc(CN2CCC(S(C)(=O)=O)CC2)ccc1/C=C/c1n[nH]c2ccccc12. The molecular weight excluding hydrogens is 504 g/mol. The number of nitrogens with zero attached hydrogens (tertiary/aromatic N) is 2. The number of anilines is 1. The van der Waals surface area contributed by atoms with Crippen molar-refractivity contribution >= 4 is 55.8 Å². The Hall–Kier alpha value is -3.27. The number of thiophene rings is 1. The van der Waals surface area contributed by atoms with E-state index in [1.54, 1.807) is 0 Å². The average Bonchev–Trinajstić information content (AvgIpc) is 3.49. The van der Waals surface area contributed by atoms with E-state index in [2.05, 4.69) is 26.5 Å². The van der Waals surface area contributed by atoms with Crippen LogP contribution in [-0.4, -0.2) is 54.0 Å². The van der Waals surface area contributed by atoms with Gasteiger partial charge < -0.3 is 5.32 Å². The van der Waals surface area contributed by atoms with Gasteiger partial charge in [-0.2, -0.15) is 5.10 Å². The molecule has 0 aliphatic carbocycles. The quantitative estimate of drug-likeness (QED) is 0.333. The predicted molar refractivity (Wildman–Crippen MR) is 152 cm³/mol. The molecule has 3 heterocycles. The van der Waals surface area contributed by atoms with E-state index in [0.717, 1.165) is 52.1 Å². The van der Waals surface area contributed by atoms with Crippen LogP contribution in [0.25, 0.3) is 23.1 Å². The molecular formula is C28H30N4O3S2. The highest BCUT2D eigenvalue weighted by atomic mass is 32.2. The second-order valence-electron chi connectivity index (χ2n) is 9.60. The lowest BCUT2D eigenvalue weighted by molar-refractivity contribution is 0.103. The highest BCUT2D eigenvalue weighted by molar-refractivity contribution is 7.91. The Morgan fingerprint density at radius 1 is 1.16 bits per heavy atom. The molecule has 1 amide bonds. The molecule has 1 fully saturated rings. The summed E-state index contributed by atoms with van der Waals surface area (Å²) in [6.07, 6.45) is 6.56. The number of carbonyl (C=O) groups excluding carboxylic acids is 1. The lowest BCUT2D eigenvalue weighted by Crippen LogP contribution is -2.38. The van der Waals surface area contributed by atoms with Crippen LogP contribution in [0.2, 0.25) is 0 Å². The van der Waals surface area contributed by atoms with Gasteiger partial charge in [0.2, 0.25) is 0 Å². The molecule has 7 nitrogen and oxygen atoms in total. The Morgan fingerprint density at radius 3 is 2.68 bits per heavy atom. The van der Waals surface area contributed by atoms with Crippen molar-refractivity contribution in [2.24, 2.45) is 0 Å². The van der Waals surface area contributed by atoms with E-state index in [0.29, 0.717) is 24.3 Å². The number of rotatable bonds is 7. The first-order chi connectivity index (χ1) is 17.8. The van der Waals surface area contributed by atoms with Crippen LogP contribution < -0.4 is 5.32 Å². The van der Waals surface area contributed by atoms with Crippen molar-refractivity contribution in [2.45, 2.75) is 31.6 Å². The molecule has 5 rings (SSSR count). The molecule has 0 radical (unpaired) electrons. The lowest BCUT2D eigenvalue weighted by atomic mass is 10.0. The molecule has 4 aromatic rings. The summed E-state index contributed by atoms with van der Waals surface area (Å²) >= 11 is 1.43. The molecule has 1 aliphatic rings. The van der Waals surface area contributed by atoms with Crippen molar-refractivity contribution < 1.29 is 13.2 Å². The summed E-state index contributed by atoms with van der Waals surface area (Å²) < 4.78 is 23.8. The normalized spacial score (nSPS) is 15.5. The Morgan fingerprint density at radius 2 is 1.95 bits per heavy atom. The summed E-state index contributed by atoms with van der Waals surface area (Å²) in [5.41, 5.74) is 5.44. The number of carbonyl (C=O) groups is 1. The average molecular weight is 535 g/mol. The fraction of sp³-hybridized carbons (Fsp3) is 0.286. The van der Waals surface area contributed by atoms with Gasteiger partial charge in [0.25, 0.3) is 5.91 Å². The second kappa shape index (κ2) is 10.6. The van der Waals surface area contributed by atoms with Crippen molar-refractivity contribution in [3.63, 3.8) is 0 Å². The number of benzene rings is 2. The van der Waals surface area contributed by atoms with Gasteiger partial charge in [-0.25, -0.2) is 8.42 Å². The van der Waals surface area contributed by atoms with E-state index in [-0.39, 0.29) is 11.2 Å². The molecule has 0 spiro atoms. The number of nitrogens with one attached hydrogen (secondary N) is 2. The highest BCUT2D eigenvalue weighted by Gasteiger charge is 2.26. The number of piperidine rings is 1. The molecule has 1 aliphatic heterocycles. The van der Waals surface area contributed by atoms with Crippen LogP contribution in [0.15, 0.2) is 53.9 Å². The molecule has 0 saturated carbocycles. The minimum Gasteiger partial charge on any atom is -0.321 e.